The Morgan fingerprint density at radius 1 is 1.55 bits per heavy atom. The van der Waals surface area contributed by atoms with Gasteiger partial charge < -0.3 is 0 Å². The van der Waals surface area contributed by atoms with Crippen LogP contribution in [-0.4, -0.2) is 6.61 Å². The van der Waals surface area contributed by atoms with Gasteiger partial charge in [0.15, 0.2) is 6.61 Å². The lowest BCUT2D eigenvalue weighted by molar-refractivity contribution is -0.891. The molecule has 1 rings (SSSR count). The molecule has 0 unspecified atom stereocenters. The molecule has 0 aromatic carbocycles. The molecule has 0 atom stereocenters. The van der Waals surface area contributed by atoms with Crippen LogP contribution in [0.4, 0.5) is 0 Å². The van der Waals surface area contributed by atoms with E-state index in [2.05, 4.69) is 0 Å². The Labute approximate surface area is 65.4 Å². The number of pyridine rings is 1. The van der Waals surface area contributed by atoms with Crippen molar-refractivity contribution in [2.45, 2.75) is 6.92 Å². The van der Waals surface area contributed by atoms with Crippen molar-refractivity contribution < 1.29 is 9.57 Å². The summed E-state index contributed by atoms with van der Waals surface area (Å²) in [5.41, 5.74) is 0.640. The predicted octanol–water partition coefficient (Wildman–Crippen LogP) is 0.294. The summed E-state index contributed by atoms with van der Waals surface area (Å²) < 4.78 is 1.57. The van der Waals surface area contributed by atoms with Crippen molar-refractivity contribution in [3.05, 3.63) is 30.1 Å². The zero-order valence-electron chi connectivity index (χ0n) is 6.32. The summed E-state index contributed by atoms with van der Waals surface area (Å²) in [4.78, 5) is 5.11. The SMILES string of the molecule is CCO[n+]1ccc(C#N)cc1. The molecule has 11 heavy (non-hydrogen) atoms. The van der Waals surface area contributed by atoms with Gasteiger partial charge in [-0.05, 0) is 6.92 Å². The molecular weight excluding hydrogens is 140 g/mol. The molecule has 0 radical (unpaired) electrons. The third kappa shape index (κ3) is 1.94. The standard InChI is InChI=1S/C8H9N2O/c1-2-11-10-5-3-8(7-9)4-6-10/h3-6H,2H2,1H3/q+1. The first-order valence-corrected chi connectivity index (χ1v) is 3.41. The van der Waals surface area contributed by atoms with Crippen LogP contribution in [0.25, 0.3) is 0 Å². The van der Waals surface area contributed by atoms with Gasteiger partial charge >= 0.3 is 0 Å². The van der Waals surface area contributed by atoms with Gasteiger partial charge in [-0.25, -0.2) is 0 Å². The third-order valence-electron chi connectivity index (χ3n) is 1.21. The van der Waals surface area contributed by atoms with E-state index in [4.69, 9.17) is 10.1 Å². The Bertz CT molecular complexity index is 260. The van der Waals surface area contributed by atoms with E-state index < -0.39 is 0 Å². The molecule has 1 heterocycles. The Kier molecular flexibility index (Phi) is 2.45. The van der Waals surface area contributed by atoms with Crippen molar-refractivity contribution in [2.75, 3.05) is 6.61 Å². The molecule has 0 fully saturated rings. The summed E-state index contributed by atoms with van der Waals surface area (Å²) in [7, 11) is 0. The smallest absolute Gasteiger partial charge is 0.223 e. The van der Waals surface area contributed by atoms with Crippen LogP contribution < -0.4 is 9.57 Å². The van der Waals surface area contributed by atoms with Gasteiger partial charge in [-0.1, -0.05) is 0 Å². The molecule has 0 aliphatic carbocycles. The normalized spacial score (nSPS) is 8.73. The topological polar surface area (TPSA) is 36.9 Å². The van der Waals surface area contributed by atoms with E-state index in [9.17, 15) is 0 Å². The summed E-state index contributed by atoms with van der Waals surface area (Å²) in [5, 5.41) is 8.46. The second kappa shape index (κ2) is 3.57. The second-order valence-electron chi connectivity index (χ2n) is 1.98. The Hall–Kier alpha value is -1.56. The van der Waals surface area contributed by atoms with Crippen molar-refractivity contribution >= 4 is 0 Å². The zero-order chi connectivity index (χ0) is 8.10. The molecule has 0 aliphatic rings. The van der Waals surface area contributed by atoms with Crippen molar-refractivity contribution in [1.82, 2.24) is 0 Å². The lowest BCUT2D eigenvalue weighted by atomic mass is 10.3. The van der Waals surface area contributed by atoms with E-state index >= 15 is 0 Å². The molecule has 3 nitrogen and oxygen atoms in total. The van der Waals surface area contributed by atoms with E-state index in [1.807, 2.05) is 13.0 Å². The van der Waals surface area contributed by atoms with Crippen LogP contribution in [0.1, 0.15) is 12.5 Å². The highest BCUT2D eigenvalue weighted by atomic mass is 16.7. The van der Waals surface area contributed by atoms with Gasteiger partial charge in [-0.3, -0.25) is 4.84 Å². The summed E-state index contributed by atoms with van der Waals surface area (Å²) >= 11 is 0. The molecule has 1 aromatic heterocycles. The van der Waals surface area contributed by atoms with Crippen LogP contribution in [-0.2, 0) is 0 Å². The second-order valence-corrected chi connectivity index (χ2v) is 1.98. The Morgan fingerprint density at radius 2 is 2.18 bits per heavy atom. The fourth-order valence-electron chi connectivity index (χ4n) is 0.722. The van der Waals surface area contributed by atoms with Gasteiger partial charge in [0.25, 0.3) is 0 Å². The molecule has 0 saturated heterocycles. The molecule has 3 heteroatoms. The molecule has 0 spiro atoms. The zero-order valence-corrected chi connectivity index (χ0v) is 6.32. The summed E-state index contributed by atoms with van der Waals surface area (Å²) in [6, 6.07) is 5.44. The predicted molar refractivity (Wildman–Crippen MR) is 38.5 cm³/mol. The maximum atomic E-state index is 8.46. The highest BCUT2D eigenvalue weighted by Crippen LogP contribution is 1.89. The van der Waals surface area contributed by atoms with Gasteiger partial charge in [0.1, 0.15) is 0 Å². The monoisotopic (exact) mass is 149 g/mol. The summed E-state index contributed by atoms with van der Waals surface area (Å²) in [6.07, 6.45) is 3.42. The highest BCUT2D eigenvalue weighted by Gasteiger charge is 1.98. The molecule has 0 bridgehead atoms. The van der Waals surface area contributed by atoms with E-state index in [1.54, 1.807) is 29.3 Å². The van der Waals surface area contributed by atoms with Gasteiger partial charge in [0.05, 0.1) is 11.6 Å². The first-order valence-electron chi connectivity index (χ1n) is 3.41. The maximum absolute atomic E-state index is 8.46. The lowest BCUT2D eigenvalue weighted by Crippen LogP contribution is -2.41. The van der Waals surface area contributed by atoms with E-state index in [1.165, 1.54) is 0 Å². The number of rotatable bonds is 2. The van der Waals surface area contributed by atoms with Crippen LogP contribution in [0.2, 0.25) is 0 Å². The molecule has 0 saturated carbocycles. The van der Waals surface area contributed by atoms with E-state index in [0.29, 0.717) is 12.2 Å². The number of nitriles is 1. The van der Waals surface area contributed by atoms with Crippen LogP contribution in [0.5, 0.6) is 0 Å². The first-order chi connectivity index (χ1) is 5.36. The largest absolute Gasteiger partial charge is 0.272 e. The molecule has 0 aliphatic heterocycles. The minimum Gasteiger partial charge on any atom is -0.272 e. The van der Waals surface area contributed by atoms with Crippen LogP contribution in [0.15, 0.2) is 24.5 Å². The fourth-order valence-corrected chi connectivity index (χ4v) is 0.722. The maximum Gasteiger partial charge on any atom is 0.223 e. The average Bonchev–Trinajstić information content (AvgIpc) is 2.07. The van der Waals surface area contributed by atoms with Crippen LogP contribution in [0.3, 0.4) is 0 Å². The molecule has 0 N–H and O–H groups in total. The minimum absolute atomic E-state index is 0.622. The van der Waals surface area contributed by atoms with Crippen LogP contribution in [0, 0.1) is 11.3 Å². The molecule has 56 valence electrons. The quantitative estimate of drug-likeness (QED) is 0.567. The van der Waals surface area contributed by atoms with Gasteiger partial charge in [-0.15, -0.1) is 0 Å². The Balaban J connectivity index is 2.76. The molecular formula is C8H9N2O+. The highest BCUT2D eigenvalue weighted by molar-refractivity contribution is 5.23. The van der Waals surface area contributed by atoms with Gasteiger partial charge in [0, 0.05) is 16.9 Å². The minimum atomic E-state index is 0.622. The average molecular weight is 149 g/mol. The van der Waals surface area contributed by atoms with Gasteiger partial charge in [-0.2, -0.15) is 5.26 Å². The van der Waals surface area contributed by atoms with E-state index in [-0.39, 0.29) is 0 Å². The summed E-state index contributed by atoms with van der Waals surface area (Å²) in [5.74, 6) is 0. The van der Waals surface area contributed by atoms with E-state index in [0.717, 1.165) is 0 Å². The van der Waals surface area contributed by atoms with Crippen LogP contribution >= 0.6 is 0 Å². The first kappa shape index (κ1) is 7.55. The van der Waals surface area contributed by atoms with Gasteiger partial charge in [0.2, 0.25) is 12.4 Å². The number of hydrogen-bond donors (Lipinski definition) is 0. The lowest BCUT2D eigenvalue weighted by Gasteiger charge is -1.91. The van der Waals surface area contributed by atoms with Crippen molar-refractivity contribution in [1.29, 1.82) is 5.26 Å². The third-order valence-corrected chi connectivity index (χ3v) is 1.21. The molecule has 1 aromatic rings. The van der Waals surface area contributed by atoms with Crippen molar-refractivity contribution in [3.63, 3.8) is 0 Å². The fraction of sp³-hybridized carbons (Fsp3) is 0.250. The van der Waals surface area contributed by atoms with Crippen molar-refractivity contribution in [2.24, 2.45) is 0 Å². The number of hydrogen-bond acceptors (Lipinski definition) is 2. The summed E-state index contributed by atoms with van der Waals surface area (Å²) in [6.45, 7) is 2.53. The molecule has 0 amide bonds. The number of nitrogens with zero attached hydrogens (tertiary/aromatic N) is 2. The Morgan fingerprint density at radius 3 is 2.64 bits per heavy atom. The van der Waals surface area contributed by atoms with Crippen molar-refractivity contribution in [3.8, 4) is 6.07 Å². The number of aromatic nitrogens is 1.